The number of nitrogens with zero attached hydrogens (tertiary/aromatic N) is 1. The Balaban J connectivity index is 3.84. The molecule has 0 aliphatic heterocycles. The zero-order chi connectivity index (χ0) is 9.40. The van der Waals surface area contributed by atoms with Gasteiger partial charge in [0.1, 0.15) is 13.3 Å². The molecule has 0 radical (unpaired) electrons. The minimum atomic E-state index is -0.572. The summed E-state index contributed by atoms with van der Waals surface area (Å²) in [6.45, 7) is 6.86. The molecule has 0 atom stereocenters. The Morgan fingerprint density at radius 1 is 1.50 bits per heavy atom. The van der Waals surface area contributed by atoms with Gasteiger partial charge < -0.3 is 9.84 Å². The van der Waals surface area contributed by atoms with E-state index in [1.54, 1.807) is 0 Å². The minimum absolute atomic E-state index is 0.145. The largest absolute Gasteiger partial charge is 0.445 e. The highest BCUT2D eigenvalue weighted by molar-refractivity contribution is 5.67. The SMILES string of the molecule is C=CCOC(=O)N(CO)CC=C. The number of hydrogen-bond acceptors (Lipinski definition) is 3. The number of rotatable bonds is 5. The number of aliphatic hydroxyl groups is 1. The maximum Gasteiger partial charge on any atom is 0.412 e. The molecule has 0 aliphatic rings. The smallest absolute Gasteiger partial charge is 0.412 e. The van der Waals surface area contributed by atoms with Crippen LogP contribution in [0.25, 0.3) is 0 Å². The van der Waals surface area contributed by atoms with E-state index in [1.807, 2.05) is 0 Å². The first-order valence-electron chi connectivity index (χ1n) is 3.50. The lowest BCUT2D eigenvalue weighted by Crippen LogP contribution is -2.32. The van der Waals surface area contributed by atoms with Crippen LogP contribution in [0.5, 0.6) is 0 Å². The number of carbonyl (C=O) groups excluding carboxylic acids is 1. The van der Waals surface area contributed by atoms with Gasteiger partial charge in [0.2, 0.25) is 0 Å². The molecule has 12 heavy (non-hydrogen) atoms. The summed E-state index contributed by atoms with van der Waals surface area (Å²) in [4.78, 5) is 12.1. The Labute approximate surface area is 71.7 Å². The van der Waals surface area contributed by atoms with Gasteiger partial charge in [-0.1, -0.05) is 18.7 Å². The maximum atomic E-state index is 11.0. The average molecular weight is 171 g/mol. The van der Waals surface area contributed by atoms with E-state index in [-0.39, 0.29) is 19.9 Å². The Hall–Kier alpha value is -1.29. The lowest BCUT2D eigenvalue weighted by atomic mass is 10.6. The van der Waals surface area contributed by atoms with Gasteiger partial charge in [0.05, 0.1) is 0 Å². The van der Waals surface area contributed by atoms with Gasteiger partial charge in [-0.25, -0.2) is 4.79 Å². The van der Waals surface area contributed by atoms with E-state index in [9.17, 15) is 4.79 Å². The van der Waals surface area contributed by atoms with E-state index in [4.69, 9.17) is 5.11 Å². The molecular weight excluding hydrogens is 158 g/mol. The van der Waals surface area contributed by atoms with Crippen molar-refractivity contribution in [3.05, 3.63) is 25.3 Å². The van der Waals surface area contributed by atoms with E-state index in [0.29, 0.717) is 0 Å². The third-order valence-electron chi connectivity index (χ3n) is 1.10. The van der Waals surface area contributed by atoms with E-state index < -0.39 is 6.09 Å². The number of ether oxygens (including phenoxy) is 1. The predicted molar refractivity (Wildman–Crippen MR) is 45.5 cm³/mol. The molecule has 0 aliphatic carbocycles. The van der Waals surface area contributed by atoms with Crippen molar-refractivity contribution >= 4 is 6.09 Å². The maximum absolute atomic E-state index is 11.0. The van der Waals surface area contributed by atoms with Crippen LogP contribution in [0.3, 0.4) is 0 Å². The molecular formula is C8H13NO3. The fourth-order valence-corrected chi connectivity index (χ4v) is 0.567. The number of aliphatic hydroxyl groups excluding tert-OH is 1. The second-order valence-corrected chi connectivity index (χ2v) is 2.02. The van der Waals surface area contributed by atoms with Crippen LogP contribution in [0.1, 0.15) is 0 Å². The van der Waals surface area contributed by atoms with Gasteiger partial charge in [0.25, 0.3) is 0 Å². The van der Waals surface area contributed by atoms with Gasteiger partial charge in [-0.05, 0) is 0 Å². The Morgan fingerprint density at radius 2 is 2.17 bits per heavy atom. The summed E-state index contributed by atoms with van der Waals surface area (Å²) in [6.07, 6.45) is 2.39. The van der Waals surface area contributed by atoms with Crippen LogP contribution >= 0.6 is 0 Å². The highest BCUT2D eigenvalue weighted by Crippen LogP contribution is 1.92. The van der Waals surface area contributed by atoms with Crippen molar-refractivity contribution in [2.24, 2.45) is 0 Å². The molecule has 1 N–H and O–H groups in total. The van der Waals surface area contributed by atoms with Gasteiger partial charge >= 0.3 is 6.09 Å². The normalized spacial score (nSPS) is 8.75. The lowest BCUT2D eigenvalue weighted by molar-refractivity contribution is 0.0745. The van der Waals surface area contributed by atoms with Gasteiger partial charge in [-0.3, -0.25) is 4.90 Å². The number of amides is 1. The van der Waals surface area contributed by atoms with Crippen molar-refractivity contribution in [3.8, 4) is 0 Å². The minimum Gasteiger partial charge on any atom is -0.445 e. The summed E-state index contributed by atoms with van der Waals surface area (Å²) >= 11 is 0. The van der Waals surface area contributed by atoms with E-state index in [0.717, 1.165) is 4.90 Å². The molecule has 4 nitrogen and oxygen atoms in total. The standard InChI is InChI=1S/C8H13NO3/c1-3-5-9(7-10)8(11)12-6-4-2/h3-4,10H,1-2,5-7H2. The Kier molecular flexibility index (Phi) is 5.73. The third-order valence-corrected chi connectivity index (χ3v) is 1.10. The van der Waals surface area contributed by atoms with Crippen molar-refractivity contribution in [1.82, 2.24) is 4.90 Å². The lowest BCUT2D eigenvalue weighted by Gasteiger charge is -2.16. The second-order valence-electron chi connectivity index (χ2n) is 2.02. The molecule has 0 unspecified atom stereocenters. The fourth-order valence-electron chi connectivity index (χ4n) is 0.567. The van der Waals surface area contributed by atoms with Crippen LogP contribution in [-0.2, 0) is 4.74 Å². The molecule has 0 heterocycles. The molecule has 0 saturated heterocycles. The molecule has 0 spiro atoms. The van der Waals surface area contributed by atoms with Crippen molar-refractivity contribution in [2.45, 2.75) is 0 Å². The molecule has 0 aromatic carbocycles. The molecule has 0 fully saturated rings. The Bertz CT molecular complexity index is 168. The quantitative estimate of drug-likeness (QED) is 0.490. The van der Waals surface area contributed by atoms with E-state index in [1.165, 1.54) is 12.2 Å². The summed E-state index contributed by atoms with van der Waals surface area (Å²) in [7, 11) is 0. The highest BCUT2D eigenvalue weighted by Gasteiger charge is 2.10. The van der Waals surface area contributed by atoms with E-state index in [2.05, 4.69) is 17.9 Å². The van der Waals surface area contributed by atoms with Gasteiger partial charge in [-0.15, -0.1) is 6.58 Å². The monoisotopic (exact) mass is 171 g/mol. The summed E-state index contributed by atoms with van der Waals surface area (Å²) in [5, 5.41) is 8.68. The molecule has 1 amide bonds. The number of carbonyl (C=O) groups is 1. The first kappa shape index (κ1) is 10.7. The van der Waals surface area contributed by atoms with Crippen LogP contribution in [0.4, 0.5) is 4.79 Å². The molecule has 0 saturated carbocycles. The molecule has 68 valence electrons. The van der Waals surface area contributed by atoms with Crippen molar-refractivity contribution in [3.63, 3.8) is 0 Å². The molecule has 0 bridgehead atoms. The number of hydrogen-bond donors (Lipinski definition) is 1. The highest BCUT2D eigenvalue weighted by atomic mass is 16.6. The zero-order valence-corrected chi connectivity index (χ0v) is 6.90. The molecule has 4 heteroatoms. The molecule has 0 aromatic rings. The third kappa shape index (κ3) is 3.78. The summed E-state index contributed by atoms with van der Waals surface area (Å²) in [6, 6.07) is 0. The summed E-state index contributed by atoms with van der Waals surface area (Å²) in [5.41, 5.74) is 0. The fraction of sp³-hybridized carbons (Fsp3) is 0.375. The van der Waals surface area contributed by atoms with Gasteiger partial charge in [0, 0.05) is 6.54 Å². The van der Waals surface area contributed by atoms with Crippen LogP contribution in [-0.4, -0.2) is 36.0 Å². The van der Waals surface area contributed by atoms with Crippen molar-refractivity contribution in [2.75, 3.05) is 19.9 Å². The van der Waals surface area contributed by atoms with Crippen molar-refractivity contribution in [1.29, 1.82) is 0 Å². The summed E-state index contributed by atoms with van der Waals surface area (Å²) in [5.74, 6) is 0. The van der Waals surface area contributed by atoms with Gasteiger partial charge in [-0.2, -0.15) is 0 Å². The average Bonchev–Trinajstić information content (AvgIpc) is 2.10. The van der Waals surface area contributed by atoms with Crippen LogP contribution in [0.2, 0.25) is 0 Å². The molecule has 0 aromatic heterocycles. The van der Waals surface area contributed by atoms with Crippen LogP contribution < -0.4 is 0 Å². The van der Waals surface area contributed by atoms with Crippen molar-refractivity contribution < 1.29 is 14.6 Å². The first-order valence-corrected chi connectivity index (χ1v) is 3.50. The predicted octanol–water partition coefficient (Wildman–Crippen LogP) is 0.747. The summed E-state index contributed by atoms with van der Waals surface area (Å²) < 4.78 is 4.66. The van der Waals surface area contributed by atoms with Crippen LogP contribution in [0.15, 0.2) is 25.3 Å². The van der Waals surface area contributed by atoms with E-state index >= 15 is 0 Å². The topological polar surface area (TPSA) is 49.8 Å². The second kappa shape index (κ2) is 6.42. The van der Waals surface area contributed by atoms with Crippen LogP contribution in [0, 0.1) is 0 Å². The van der Waals surface area contributed by atoms with Gasteiger partial charge in [0.15, 0.2) is 0 Å². The first-order chi connectivity index (χ1) is 5.76. The Morgan fingerprint density at radius 3 is 2.58 bits per heavy atom. The zero-order valence-electron chi connectivity index (χ0n) is 6.90. The molecule has 0 rings (SSSR count).